The Balaban J connectivity index is 1.30. The second-order valence-corrected chi connectivity index (χ2v) is 10.7. The van der Waals surface area contributed by atoms with Gasteiger partial charge in [0.25, 0.3) is 5.91 Å². The van der Waals surface area contributed by atoms with Crippen LogP contribution in [-0.2, 0) is 9.59 Å². The summed E-state index contributed by atoms with van der Waals surface area (Å²) in [5.41, 5.74) is 2.18. The van der Waals surface area contributed by atoms with Gasteiger partial charge in [-0.05, 0) is 67.8 Å². The lowest BCUT2D eigenvalue weighted by atomic mass is 9.85. The Labute approximate surface area is 237 Å². The number of piperidine rings is 1. The number of nitrogens with zero attached hydrogens (tertiary/aromatic N) is 3. The Morgan fingerprint density at radius 1 is 0.897 bits per heavy atom. The summed E-state index contributed by atoms with van der Waals surface area (Å²) in [7, 11) is 0. The second kappa shape index (κ2) is 11.2. The topological polar surface area (TPSA) is 85.0 Å². The normalized spacial score (nSPS) is 16.5. The van der Waals surface area contributed by atoms with E-state index in [0.717, 1.165) is 11.3 Å². The summed E-state index contributed by atoms with van der Waals surface area (Å²) in [6.07, 6.45) is 0.879. The fourth-order valence-corrected chi connectivity index (χ4v) is 5.59. The van der Waals surface area contributed by atoms with Crippen molar-refractivity contribution in [2.24, 2.45) is 0 Å². The Kier molecular flexibility index (Phi) is 7.68. The van der Waals surface area contributed by atoms with E-state index >= 15 is 0 Å². The van der Waals surface area contributed by atoms with Crippen LogP contribution in [0, 0.1) is 6.92 Å². The molecule has 2 fully saturated rings. The second-order valence-electron chi connectivity index (χ2n) is 9.88. The highest BCUT2D eigenvalue weighted by molar-refractivity contribution is 6.31. The molecular formula is C29H29Cl2N5O3. The predicted molar refractivity (Wildman–Crippen MR) is 154 cm³/mol. The average Bonchev–Trinajstić information content (AvgIpc) is 3.17. The van der Waals surface area contributed by atoms with E-state index < -0.39 is 5.54 Å². The highest BCUT2D eigenvalue weighted by atomic mass is 35.5. The van der Waals surface area contributed by atoms with Gasteiger partial charge in [0.05, 0.1) is 6.67 Å². The van der Waals surface area contributed by atoms with Crippen LogP contribution in [0.15, 0.2) is 72.8 Å². The number of anilines is 3. The van der Waals surface area contributed by atoms with Gasteiger partial charge in [0.1, 0.15) is 12.1 Å². The quantitative estimate of drug-likeness (QED) is 0.421. The maximum atomic E-state index is 13.9. The van der Waals surface area contributed by atoms with Crippen LogP contribution in [0.2, 0.25) is 10.0 Å². The van der Waals surface area contributed by atoms with Crippen LogP contribution in [-0.4, -0.2) is 59.5 Å². The van der Waals surface area contributed by atoms with Gasteiger partial charge >= 0.3 is 6.03 Å². The fraction of sp³-hybridized carbons (Fsp3) is 0.276. The average molecular weight is 566 g/mol. The Morgan fingerprint density at radius 3 is 2.31 bits per heavy atom. The zero-order valence-corrected chi connectivity index (χ0v) is 23.0. The van der Waals surface area contributed by atoms with Gasteiger partial charge in [0.2, 0.25) is 5.91 Å². The summed E-state index contributed by atoms with van der Waals surface area (Å²) in [5.74, 6) is -0.415. The van der Waals surface area contributed by atoms with Crippen LogP contribution < -0.4 is 15.5 Å². The van der Waals surface area contributed by atoms with Crippen molar-refractivity contribution >= 4 is 58.1 Å². The summed E-state index contributed by atoms with van der Waals surface area (Å²) in [5, 5.41) is 6.83. The molecule has 0 saturated carbocycles. The fourth-order valence-electron chi connectivity index (χ4n) is 5.22. The molecular weight excluding hydrogens is 537 g/mol. The molecule has 10 heteroatoms. The van der Waals surface area contributed by atoms with E-state index in [4.69, 9.17) is 23.2 Å². The molecule has 39 heavy (non-hydrogen) atoms. The number of aryl methyl sites for hydroxylation is 1. The van der Waals surface area contributed by atoms with Gasteiger partial charge in [0, 0.05) is 40.2 Å². The van der Waals surface area contributed by atoms with Gasteiger partial charge in [-0.3, -0.25) is 9.59 Å². The van der Waals surface area contributed by atoms with Crippen LogP contribution in [0.4, 0.5) is 21.9 Å². The van der Waals surface area contributed by atoms with Crippen molar-refractivity contribution in [3.05, 3.63) is 88.4 Å². The predicted octanol–water partition coefficient (Wildman–Crippen LogP) is 5.61. The van der Waals surface area contributed by atoms with Gasteiger partial charge in [0.15, 0.2) is 0 Å². The minimum absolute atomic E-state index is 0.0885. The first-order valence-corrected chi connectivity index (χ1v) is 13.5. The number of carbonyl (C=O) groups is 3. The maximum absolute atomic E-state index is 13.9. The van der Waals surface area contributed by atoms with Gasteiger partial charge in [-0.25, -0.2) is 4.79 Å². The van der Waals surface area contributed by atoms with Crippen molar-refractivity contribution in [3.63, 3.8) is 0 Å². The SMILES string of the molecule is Cc1ccc(NC(=O)N2CCC3(CC2)C(=O)N(CC(=O)Nc2cccc(Cl)c2)CN3c2ccccc2)cc1Cl. The first-order valence-electron chi connectivity index (χ1n) is 12.7. The Hall–Kier alpha value is -3.75. The number of hydrogen-bond acceptors (Lipinski definition) is 4. The van der Waals surface area contributed by atoms with Gasteiger partial charge < -0.3 is 25.3 Å². The third-order valence-corrected chi connectivity index (χ3v) is 7.97. The van der Waals surface area contributed by atoms with E-state index in [1.54, 1.807) is 40.1 Å². The van der Waals surface area contributed by atoms with Crippen molar-refractivity contribution < 1.29 is 14.4 Å². The van der Waals surface area contributed by atoms with Crippen LogP contribution in [0.5, 0.6) is 0 Å². The monoisotopic (exact) mass is 565 g/mol. The largest absolute Gasteiger partial charge is 0.339 e. The minimum Gasteiger partial charge on any atom is -0.339 e. The molecule has 0 aromatic heterocycles. The highest BCUT2D eigenvalue weighted by Gasteiger charge is 2.54. The van der Waals surface area contributed by atoms with Crippen molar-refractivity contribution in [1.29, 1.82) is 0 Å². The van der Waals surface area contributed by atoms with E-state index in [2.05, 4.69) is 15.5 Å². The van der Waals surface area contributed by atoms with Crippen LogP contribution in [0.3, 0.4) is 0 Å². The third kappa shape index (κ3) is 5.67. The van der Waals surface area contributed by atoms with E-state index in [9.17, 15) is 14.4 Å². The molecule has 0 aliphatic carbocycles. The molecule has 2 aliphatic heterocycles. The van der Waals surface area contributed by atoms with Crippen molar-refractivity contribution in [1.82, 2.24) is 9.80 Å². The summed E-state index contributed by atoms with van der Waals surface area (Å²) in [6.45, 7) is 2.88. The van der Waals surface area contributed by atoms with Crippen molar-refractivity contribution in [2.45, 2.75) is 25.3 Å². The molecule has 2 N–H and O–H groups in total. The molecule has 2 heterocycles. The number of nitrogens with one attached hydrogen (secondary N) is 2. The third-order valence-electron chi connectivity index (χ3n) is 7.33. The number of amides is 4. The molecule has 2 saturated heterocycles. The molecule has 0 atom stereocenters. The zero-order valence-electron chi connectivity index (χ0n) is 21.5. The Morgan fingerprint density at radius 2 is 1.62 bits per heavy atom. The van der Waals surface area contributed by atoms with Crippen LogP contribution in [0.1, 0.15) is 18.4 Å². The molecule has 202 valence electrons. The summed E-state index contributed by atoms with van der Waals surface area (Å²) < 4.78 is 0. The lowest BCUT2D eigenvalue weighted by Crippen LogP contribution is -2.58. The van der Waals surface area contributed by atoms with Crippen molar-refractivity contribution in [2.75, 3.05) is 41.8 Å². The smallest absolute Gasteiger partial charge is 0.321 e. The van der Waals surface area contributed by atoms with Gasteiger partial charge in [-0.1, -0.05) is 53.5 Å². The number of halogens is 2. The molecule has 0 unspecified atom stereocenters. The first-order chi connectivity index (χ1) is 18.7. The molecule has 2 aliphatic rings. The molecule has 3 aromatic rings. The molecule has 1 spiro atoms. The Bertz CT molecular complexity index is 1390. The highest BCUT2D eigenvalue weighted by Crippen LogP contribution is 2.39. The van der Waals surface area contributed by atoms with E-state index in [1.807, 2.05) is 49.4 Å². The summed E-state index contributed by atoms with van der Waals surface area (Å²) >= 11 is 12.2. The van der Waals surface area contributed by atoms with Crippen LogP contribution in [0.25, 0.3) is 0 Å². The lowest BCUT2D eigenvalue weighted by molar-refractivity contribution is -0.136. The number of likely N-dealkylation sites (tertiary alicyclic amines) is 1. The molecule has 0 radical (unpaired) electrons. The molecule has 8 nitrogen and oxygen atoms in total. The van der Waals surface area contributed by atoms with E-state index in [0.29, 0.717) is 47.4 Å². The van der Waals surface area contributed by atoms with Gasteiger partial charge in [-0.15, -0.1) is 0 Å². The number of carbonyl (C=O) groups excluding carboxylic acids is 3. The van der Waals surface area contributed by atoms with Crippen molar-refractivity contribution in [3.8, 4) is 0 Å². The van der Waals surface area contributed by atoms with E-state index in [-0.39, 0.29) is 31.1 Å². The molecule has 0 bridgehead atoms. The molecule has 5 rings (SSSR count). The maximum Gasteiger partial charge on any atom is 0.321 e. The summed E-state index contributed by atoms with van der Waals surface area (Å²) in [4.78, 5) is 45.1. The molecule has 4 amide bonds. The number of benzene rings is 3. The molecule has 3 aromatic carbocycles. The standard InChI is InChI=1S/C29H29Cl2N5O3/c1-20-10-11-23(17-25(20)31)33-28(39)34-14-12-29(13-15-34)27(38)35(19-36(29)24-8-3-2-4-9-24)18-26(37)32-22-7-5-6-21(30)16-22/h2-11,16-17H,12-15,18-19H2,1H3,(H,32,37)(H,33,39). The number of rotatable bonds is 5. The zero-order chi connectivity index (χ0) is 27.6. The number of hydrogen-bond donors (Lipinski definition) is 2. The summed E-state index contributed by atoms with van der Waals surface area (Å²) in [6, 6.07) is 21.8. The number of urea groups is 1. The van der Waals surface area contributed by atoms with Crippen LogP contribution >= 0.6 is 23.2 Å². The number of para-hydroxylation sites is 1. The lowest BCUT2D eigenvalue weighted by Gasteiger charge is -2.43. The van der Waals surface area contributed by atoms with E-state index in [1.165, 1.54) is 0 Å². The van der Waals surface area contributed by atoms with Gasteiger partial charge in [-0.2, -0.15) is 0 Å². The minimum atomic E-state index is -0.846. The first kappa shape index (κ1) is 26.8.